The summed E-state index contributed by atoms with van der Waals surface area (Å²) in [4.78, 5) is 15.0. The molecule has 3 atom stereocenters. The number of hydrogen-bond donors (Lipinski definition) is 2. The van der Waals surface area contributed by atoms with E-state index in [9.17, 15) is 15.0 Å². The summed E-state index contributed by atoms with van der Waals surface area (Å²) in [5.74, 6) is 0.493. The Balaban J connectivity index is 1.41. The van der Waals surface area contributed by atoms with Gasteiger partial charge in [-0.15, -0.1) is 0 Å². The Morgan fingerprint density at radius 1 is 1.14 bits per heavy atom. The molecule has 2 aromatic carbocycles. The highest BCUT2D eigenvalue weighted by molar-refractivity contribution is 5.97. The lowest BCUT2D eigenvalue weighted by Gasteiger charge is -2.29. The number of rotatable bonds is 5. The van der Waals surface area contributed by atoms with Crippen molar-refractivity contribution in [2.45, 2.75) is 44.8 Å². The van der Waals surface area contributed by atoms with Crippen molar-refractivity contribution in [1.29, 1.82) is 0 Å². The molecule has 4 nitrogen and oxygen atoms in total. The van der Waals surface area contributed by atoms with Crippen molar-refractivity contribution in [3.63, 3.8) is 0 Å². The van der Waals surface area contributed by atoms with Crippen LogP contribution in [-0.4, -0.2) is 40.5 Å². The van der Waals surface area contributed by atoms with Gasteiger partial charge in [-0.1, -0.05) is 61.5 Å². The minimum atomic E-state index is -0.905. The number of fused-ring (bicyclic) bond motifs is 1. The largest absolute Gasteiger partial charge is 0.386 e. The maximum absolute atomic E-state index is 12.8. The van der Waals surface area contributed by atoms with Crippen LogP contribution in [0, 0.1) is 11.3 Å². The van der Waals surface area contributed by atoms with Crippen LogP contribution in [0.3, 0.4) is 0 Å². The van der Waals surface area contributed by atoms with Crippen molar-refractivity contribution in [2.75, 3.05) is 19.6 Å². The van der Waals surface area contributed by atoms with Gasteiger partial charge in [0, 0.05) is 18.7 Å². The molecule has 0 radical (unpaired) electrons. The zero-order valence-electron chi connectivity index (χ0n) is 17.6. The van der Waals surface area contributed by atoms with Crippen LogP contribution in [0.4, 0.5) is 0 Å². The van der Waals surface area contributed by atoms with Crippen molar-refractivity contribution in [3.8, 4) is 0 Å². The third-order valence-corrected chi connectivity index (χ3v) is 6.92. The molecule has 1 heterocycles. The molecule has 0 amide bonds. The molecule has 4 heteroatoms. The van der Waals surface area contributed by atoms with Crippen LogP contribution in [0.1, 0.15) is 55.1 Å². The summed E-state index contributed by atoms with van der Waals surface area (Å²) in [6.45, 7) is 7.81. The number of hydrogen-bond acceptors (Lipinski definition) is 4. The molecule has 0 spiro atoms. The zero-order chi connectivity index (χ0) is 20.9. The van der Waals surface area contributed by atoms with Gasteiger partial charge in [0.1, 0.15) is 0 Å². The Labute approximate surface area is 173 Å². The van der Waals surface area contributed by atoms with E-state index < -0.39 is 11.2 Å². The molecular weight excluding hydrogens is 362 g/mol. The molecule has 29 heavy (non-hydrogen) atoms. The van der Waals surface area contributed by atoms with E-state index in [0.717, 1.165) is 37.1 Å². The number of carbonyl (C=O) groups excluding carboxylic acids is 1. The lowest BCUT2D eigenvalue weighted by Crippen LogP contribution is -2.33. The Morgan fingerprint density at radius 3 is 2.38 bits per heavy atom. The first kappa shape index (κ1) is 20.3. The van der Waals surface area contributed by atoms with Gasteiger partial charge in [-0.25, -0.2) is 0 Å². The Bertz CT molecular complexity index is 887. The Morgan fingerprint density at radius 2 is 1.79 bits per heavy atom. The average Bonchev–Trinajstić information content (AvgIpc) is 3.09. The highest BCUT2D eigenvalue weighted by Gasteiger charge is 2.56. The molecular formula is C25H31NO3. The normalized spacial score (nSPS) is 29.8. The molecule has 4 rings (SSSR count). The predicted octanol–water partition coefficient (Wildman–Crippen LogP) is 3.72. The molecule has 154 valence electrons. The van der Waals surface area contributed by atoms with Gasteiger partial charge in [-0.3, -0.25) is 9.69 Å². The summed E-state index contributed by atoms with van der Waals surface area (Å²) in [6.07, 6.45) is 1.48. The lowest BCUT2D eigenvalue weighted by atomic mass is 9.82. The molecule has 0 unspecified atom stereocenters. The van der Waals surface area contributed by atoms with Crippen molar-refractivity contribution < 1.29 is 15.0 Å². The van der Waals surface area contributed by atoms with E-state index in [1.165, 1.54) is 0 Å². The second-order valence-electron chi connectivity index (χ2n) is 9.86. The third kappa shape index (κ3) is 3.89. The minimum absolute atomic E-state index is 0.0235. The number of Topliss-reactive ketones (excluding diaryl/α,β-unsaturated/α-hetero) is 1. The van der Waals surface area contributed by atoms with E-state index in [2.05, 4.69) is 11.8 Å². The maximum atomic E-state index is 12.8. The van der Waals surface area contributed by atoms with Gasteiger partial charge < -0.3 is 10.2 Å². The van der Waals surface area contributed by atoms with E-state index in [4.69, 9.17) is 0 Å². The average molecular weight is 394 g/mol. The van der Waals surface area contributed by atoms with Gasteiger partial charge in [-0.2, -0.15) is 0 Å². The second-order valence-corrected chi connectivity index (χ2v) is 9.86. The third-order valence-electron chi connectivity index (χ3n) is 6.92. The highest BCUT2D eigenvalue weighted by atomic mass is 16.3. The smallest absolute Gasteiger partial charge is 0.176 e. The summed E-state index contributed by atoms with van der Waals surface area (Å²) in [6, 6.07) is 17.2. The van der Waals surface area contributed by atoms with Crippen LogP contribution < -0.4 is 0 Å². The van der Waals surface area contributed by atoms with Crippen LogP contribution in [0.25, 0.3) is 0 Å². The van der Waals surface area contributed by atoms with Crippen molar-refractivity contribution >= 4 is 5.78 Å². The molecule has 1 aliphatic heterocycles. The fourth-order valence-corrected chi connectivity index (χ4v) is 5.34. The quantitative estimate of drug-likeness (QED) is 0.760. The number of ketones is 1. The summed E-state index contributed by atoms with van der Waals surface area (Å²) in [5, 5.41) is 21.3. The van der Waals surface area contributed by atoms with Gasteiger partial charge in [0.15, 0.2) is 5.78 Å². The summed E-state index contributed by atoms with van der Waals surface area (Å²) in [5.41, 5.74) is 0.848. The Hall–Kier alpha value is -2.01. The fourth-order valence-electron chi connectivity index (χ4n) is 5.34. The Kier molecular flexibility index (Phi) is 4.93. The minimum Gasteiger partial charge on any atom is -0.386 e. The number of carbonyl (C=O) groups is 1. The topological polar surface area (TPSA) is 60.8 Å². The van der Waals surface area contributed by atoms with Gasteiger partial charge in [0.2, 0.25) is 0 Å². The van der Waals surface area contributed by atoms with Gasteiger partial charge >= 0.3 is 0 Å². The van der Waals surface area contributed by atoms with Crippen LogP contribution in [0.2, 0.25) is 0 Å². The molecule has 0 bridgehead atoms. The molecule has 0 aromatic heterocycles. The standard InChI is InChI=1S/C25H31NO3/c1-23(2,28)19-11-9-18(10-12-19)22(27)15-26-14-21-13-25(29,16-24(21,3)17-26)20-7-5-4-6-8-20/h4-12,21,28-29H,13-17H2,1-3H3/t21-,24+,25-/m0/s1. The van der Waals surface area contributed by atoms with Crippen molar-refractivity contribution in [1.82, 2.24) is 4.90 Å². The van der Waals surface area contributed by atoms with Crippen LogP contribution >= 0.6 is 0 Å². The SMILES string of the molecule is CC(C)(O)c1ccc(C(=O)CN2C[C@@H]3C[C@@](O)(c4ccccc4)C[C@]3(C)C2)cc1. The molecule has 2 N–H and O–H groups in total. The molecule has 2 aliphatic rings. The first-order valence-corrected chi connectivity index (χ1v) is 10.5. The fraction of sp³-hybridized carbons (Fsp3) is 0.480. The lowest BCUT2D eigenvalue weighted by molar-refractivity contribution is 0.0249. The van der Waals surface area contributed by atoms with Gasteiger partial charge in [-0.05, 0) is 49.1 Å². The molecule has 1 saturated heterocycles. The van der Waals surface area contributed by atoms with Crippen LogP contribution in [0.15, 0.2) is 54.6 Å². The zero-order valence-corrected chi connectivity index (χ0v) is 17.6. The van der Waals surface area contributed by atoms with Gasteiger partial charge in [0.25, 0.3) is 0 Å². The second kappa shape index (κ2) is 7.05. The van der Waals surface area contributed by atoms with Crippen LogP contribution in [0.5, 0.6) is 0 Å². The molecule has 2 fully saturated rings. The van der Waals surface area contributed by atoms with Gasteiger partial charge in [0.05, 0.1) is 17.7 Å². The van der Waals surface area contributed by atoms with E-state index in [1.54, 1.807) is 13.8 Å². The number of aliphatic hydroxyl groups is 2. The van der Waals surface area contributed by atoms with Crippen molar-refractivity contribution in [3.05, 3.63) is 71.3 Å². The van der Waals surface area contributed by atoms with E-state index >= 15 is 0 Å². The first-order chi connectivity index (χ1) is 13.6. The molecule has 1 aliphatic carbocycles. The number of likely N-dealkylation sites (tertiary alicyclic amines) is 1. The number of nitrogens with zero attached hydrogens (tertiary/aromatic N) is 1. The van der Waals surface area contributed by atoms with E-state index in [0.29, 0.717) is 18.0 Å². The maximum Gasteiger partial charge on any atom is 0.176 e. The molecule has 1 saturated carbocycles. The predicted molar refractivity (Wildman–Crippen MR) is 114 cm³/mol. The van der Waals surface area contributed by atoms with Crippen LogP contribution in [-0.2, 0) is 11.2 Å². The summed E-state index contributed by atoms with van der Waals surface area (Å²) in [7, 11) is 0. The number of benzene rings is 2. The monoisotopic (exact) mass is 393 g/mol. The van der Waals surface area contributed by atoms with E-state index in [1.807, 2.05) is 54.6 Å². The molecule has 2 aromatic rings. The highest BCUT2D eigenvalue weighted by Crippen LogP contribution is 2.56. The van der Waals surface area contributed by atoms with Crippen molar-refractivity contribution in [2.24, 2.45) is 11.3 Å². The van der Waals surface area contributed by atoms with E-state index in [-0.39, 0.29) is 11.2 Å². The summed E-state index contributed by atoms with van der Waals surface area (Å²) >= 11 is 0. The first-order valence-electron chi connectivity index (χ1n) is 10.5. The summed E-state index contributed by atoms with van der Waals surface area (Å²) < 4.78 is 0.